The number of hydrogen-bond donors (Lipinski definition) is 0. The van der Waals surface area contributed by atoms with Gasteiger partial charge in [-0.3, -0.25) is 14.5 Å². The van der Waals surface area contributed by atoms with Crippen molar-refractivity contribution in [3.63, 3.8) is 0 Å². The summed E-state index contributed by atoms with van der Waals surface area (Å²) in [5, 5.41) is 0. The van der Waals surface area contributed by atoms with Gasteiger partial charge in [0.15, 0.2) is 0 Å². The lowest BCUT2D eigenvalue weighted by atomic mass is 10.1. The number of terminal acetylenes is 1. The molecule has 0 aromatic heterocycles. The van der Waals surface area contributed by atoms with Gasteiger partial charge in [0, 0.05) is 4.47 Å². The standard InChI is InChI=1S/C11H6BrNO2/c1-2-6-13-9-7(10(14)11(13)15)4-3-5-8(9)12/h1,3-5H,6H2. The summed E-state index contributed by atoms with van der Waals surface area (Å²) in [6.45, 7) is 0.111. The van der Waals surface area contributed by atoms with Crippen LogP contribution in [0.2, 0.25) is 0 Å². The Hall–Kier alpha value is -1.60. The quantitative estimate of drug-likeness (QED) is 0.571. The zero-order valence-corrected chi connectivity index (χ0v) is 9.24. The van der Waals surface area contributed by atoms with Crippen molar-refractivity contribution >= 4 is 33.3 Å². The summed E-state index contributed by atoms with van der Waals surface area (Å²) in [6, 6.07) is 5.11. The van der Waals surface area contributed by atoms with Crippen molar-refractivity contribution in [3.05, 3.63) is 28.2 Å². The molecule has 0 unspecified atom stereocenters. The highest BCUT2D eigenvalue weighted by Crippen LogP contribution is 2.35. The summed E-state index contributed by atoms with van der Waals surface area (Å²) >= 11 is 3.30. The lowest BCUT2D eigenvalue weighted by molar-refractivity contribution is -0.114. The minimum atomic E-state index is -0.560. The molecule has 4 heteroatoms. The number of para-hydroxylation sites is 1. The molecule has 0 fully saturated rings. The van der Waals surface area contributed by atoms with Crippen LogP contribution in [0.5, 0.6) is 0 Å². The summed E-state index contributed by atoms with van der Waals surface area (Å²) in [7, 11) is 0. The van der Waals surface area contributed by atoms with E-state index in [1.165, 1.54) is 4.90 Å². The van der Waals surface area contributed by atoms with E-state index in [2.05, 4.69) is 21.9 Å². The van der Waals surface area contributed by atoms with Crippen molar-refractivity contribution in [2.24, 2.45) is 0 Å². The Morgan fingerprint density at radius 1 is 1.40 bits per heavy atom. The number of carbonyl (C=O) groups is 2. The predicted molar refractivity (Wildman–Crippen MR) is 59.7 cm³/mol. The number of carbonyl (C=O) groups excluding carboxylic acids is 2. The molecule has 1 aliphatic heterocycles. The Morgan fingerprint density at radius 3 is 2.80 bits per heavy atom. The Kier molecular flexibility index (Phi) is 2.33. The lowest BCUT2D eigenvalue weighted by Crippen LogP contribution is -2.30. The molecule has 0 bridgehead atoms. The van der Waals surface area contributed by atoms with Gasteiger partial charge in [0.2, 0.25) is 0 Å². The number of anilines is 1. The van der Waals surface area contributed by atoms with Gasteiger partial charge in [0.05, 0.1) is 17.8 Å². The van der Waals surface area contributed by atoms with Crippen molar-refractivity contribution < 1.29 is 9.59 Å². The number of Topliss-reactive ketones (excluding diaryl/α,β-unsaturated/α-hetero) is 1. The first-order valence-electron chi connectivity index (χ1n) is 4.25. The molecule has 0 spiro atoms. The Morgan fingerprint density at radius 2 is 2.13 bits per heavy atom. The molecule has 1 amide bonds. The normalized spacial score (nSPS) is 14.0. The molecule has 0 N–H and O–H groups in total. The molecule has 0 saturated carbocycles. The molecule has 0 aliphatic carbocycles. The number of benzene rings is 1. The van der Waals surface area contributed by atoms with E-state index in [1.54, 1.807) is 18.2 Å². The van der Waals surface area contributed by atoms with E-state index in [1.807, 2.05) is 0 Å². The number of fused-ring (bicyclic) bond motifs is 1. The van der Waals surface area contributed by atoms with E-state index >= 15 is 0 Å². The van der Waals surface area contributed by atoms with Crippen LogP contribution in [0.25, 0.3) is 0 Å². The van der Waals surface area contributed by atoms with Crippen LogP contribution in [0, 0.1) is 12.3 Å². The number of amides is 1. The molecule has 1 aliphatic rings. The van der Waals surface area contributed by atoms with Crippen LogP contribution in [-0.2, 0) is 4.79 Å². The second kappa shape index (κ2) is 3.52. The Balaban J connectivity index is 2.63. The van der Waals surface area contributed by atoms with Gasteiger partial charge < -0.3 is 0 Å². The summed E-state index contributed by atoms with van der Waals surface area (Å²) in [5.41, 5.74) is 0.982. The van der Waals surface area contributed by atoms with Crippen LogP contribution >= 0.6 is 15.9 Å². The van der Waals surface area contributed by atoms with E-state index in [-0.39, 0.29) is 6.54 Å². The molecular formula is C11H6BrNO2. The lowest BCUT2D eigenvalue weighted by Gasteiger charge is -2.13. The number of nitrogens with zero attached hydrogens (tertiary/aromatic N) is 1. The maximum atomic E-state index is 11.6. The number of hydrogen-bond acceptors (Lipinski definition) is 2. The molecule has 0 radical (unpaired) electrons. The van der Waals surface area contributed by atoms with Gasteiger partial charge in [0.25, 0.3) is 11.7 Å². The van der Waals surface area contributed by atoms with E-state index in [4.69, 9.17) is 6.42 Å². The van der Waals surface area contributed by atoms with E-state index < -0.39 is 11.7 Å². The van der Waals surface area contributed by atoms with Crippen molar-refractivity contribution in [3.8, 4) is 12.3 Å². The second-order valence-corrected chi connectivity index (χ2v) is 3.91. The number of halogens is 1. The smallest absolute Gasteiger partial charge is 0.292 e. The van der Waals surface area contributed by atoms with Crippen LogP contribution < -0.4 is 4.90 Å². The van der Waals surface area contributed by atoms with Gasteiger partial charge in [-0.25, -0.2) is 0 Å². The average Bonchev–Trinajstić information content (AvgIpc) is 2.46. The van der Waals surface area contributed by atoms with Crippen molar-refractivity contribution in [2.45, 2.75) is 0 Å². The molecule has 3 nitrogen and oxygen atoms in total. The third-order valence-electron chi connectivity index (χ3n) is 2.19. The van der Waals surface area contributed by atoms with E-state index in [0.717, 1.165) is 0 Å². The van der Waals surface area contributed by atoms with Gasteiger partial charge in [-0.2, -0.15) is 0 Å². The first kappa shape index (κ1) is 9.94. The van der Waals surface area contributed by atoms with Crippen LogP contribution in [0.1, 0.15) is 10.4 Å². The molecule has 1 aromatic rings. The van der Waals surface area contributed by atoms with Crippen LogP contribution in [0.3, 0.4) is 0 Å². The van der Waals surface area contributed by atoms with Crippen molar-refractivity contribution in [1.29, 1.82) is 0 Å². The summed E-state index contributed by atoms with van der Waals surface area (Å²) in [5.74, 6) is 1.30. The molecule has 1 heterocycles. The average molecular weight is 264 g/mol. The van der Waals surface area contributed by atoms with Crippen molar-refractivity contribution in [2.75, 3.05) is 11.4 Å². The minimum Gasteiger partial charge on any atom is -0.292 e. The first-order chi connectivity index (χ1) is 7.16. The monoisotopic (exact) mass is 263 g/mol. The molecule has 0 atom stereocenters. The molecule has 0 saturated heterocycles. The fraction of sp³-hybridized carbons (Fsp3) is 0.0909. The SMILES string of the molecule is C#CCN1C(=O)C(=O)c2cccc(Br)c21. The van der Waals surface area contributed by atoms with Gasteiger partial charge in [-0.1, -0.05) is 12.0 Å². The van der Waals surface area contributed by atoms with E-state index in [9.17, 15) is 9.59 Å². The van der Waals surface area contributed by atoms with Crippen LogP contribution in [0.4, 0.5) is 5.69 Å². The predicted octanol–water partition coefficient (Wildman–Crippen LogP) is 1.61. The summed E-state index contributed by atoms with van der Waals surface area (Å²) in [6.07, 6.45) is 5.15. The highest BCUT2D eigenvalue weighted by molar-refractivity contribution is 9.10. The van der Waals surface area contributed by atoms with Crippen LogP contribution in [0.15, 0.2) is 22.7 Å². The largest absolute Gasteiger partial charge is 0.300 e. The second-order valence-electron chi connectivity index (χ2n) is 3.06. The number of ketones is 1. The summed E-state index contributed by atoms with van der Waals surface area (Å²) < 4.78 is 0.703. The molecule has 2 rings (SSSR count). The molecule has 1 aromatic carbocycles. The summed E-state index contributed by atoms with van der Waals surface area (Å²) in [4.78, 5) is 24.4. The fourth-order valence-corrected chi connectivity index (χ4v) is 2.13. The maximum absolute atomic E-state index is 11.6. The van der Waals surface area contributed by atoms with Gasteiger partial charge in [-0.05, 0) is 28.1 Å². The third-order valence-corrected chi connectivity index (χ3v) is 2.83. The zero-order chi connectivity index (χ0) is 11.0. The first-order valence-corrected chi connectivity index (χ1v) is 5.04. The van der Waals surface area contributed by atoms with Crippen molar-refractivity contribution in [1.82, 2.24) is 0 Å². The van der Waals surface area contributed by atoms with Gasteiger partial charge in [-0.15, -0.1) is 6.42 Å². The minimum absolute atomic E-state index is 0.111. The Labute approximate surface area is 95.2 Å². The molecule has 15 heavy (non-hydrogen) atoms. The molecule has 74 valence electrons. The third kappa shape index (κ3) is 1.36. The van der Waals surface area contributed by atoms with Crippen LogP contribution in [-0.4, -0.2) is 18.2 Å². The Bertz CT molecular complexity index is 502. The highest BCUT2D eigenvalue weighted by Gasteiger charge is 2.36. The highest BCUT2D eigenvalue weighted by atomic mass is 79.9. The fourth-order valence-electron chi connectivity index (χ4n) is 1.55. The maximum Gasteiger partial charge on any atom is 0.300 e. The topological polar surface area (TPSA) is 37.4 Å². The number of rotatable bonds is 1. The molecular weight excluding hydrogens is 258 g/mol. The zero-order valence-electron chi connectivity index (χ0n) is 7.66. The van der Waals surface area contributed by atoms with Gasteiger partial charge >= 0.3 is 0 Å². The van der Waals surface area contributed by atoms with E-state index in [0.29, 0.717) is 15.7 Å². The van der Waals surface area contributed by atoms with Gasteiger partial charge in [0.1, 0.15) is 0 Å².